The van der Waals surface area contributed by atoms with E-state index < -0.39 is 10.1 Å². The van der Waals surface area contributed by atoms with E-state index in [-0.39, 0.29) is 34.0 Å². The van der Waals surface area contributed by atoms with E-state index in [0.29, 0.717) is 59.1 Å². The molecule has 0 unspecified atom stereocenters. The summed E-state index contributed by atoms with van der Waals surface area (Å²) in [5.74, 6) is 1.60. The van der Waals surface area contributed by atoms with Gasteiger partial charge in [0.1, 0.15) is 4.90 Å². The first-order valence-corrected chi connectivity index (χ1v) is 22.1. The molecule has 0 fully saturated rings. The average Bonchev–Trinajstić information content (AvgIpc) is 3.26. The number of hydrogen-bond acceptors (Lipinski definition) is 20. The van der Waals surface area contributed by atoms with Crippen LogP contribution in [-0.4, -0.2) is 112 Å². The number of hydrogen-bond donors (Lipinski definition) is 8. The van der Waals surface area contributed by atoms with Crippen LogP contribution >= 0.6 is 12.0 Å². The molecule has 6 aromatic rings. The number of nitrogens with zero attached hydrogens (tertiary/aromatic N) is 8. The molecule has 0 aliphatic rings. The van der Waals surface area contributed by atoms with Crippen molar-refractivity contribution in [2.75, 3.05) is 86.3 Å². The maximum absolute atomic E-state index is 12.8. The molecular weight excluding hydrogens is 861 g/mol. The lowest BCUT2D eigenvalue weighted by Crippen LogP contribution is -2.17. The SMILES string of the molecule is CN(C)CCCNc1nc(Nc2ccccc2)nc(Nc2ccc(C=Cc3ccc(Nc4nc(NCCCN(C)C)nc(Nc5ccccc5)n4)cc3S(=O)(=O)O)c(SOOO)c2)n1. The zero-order chi connectivity index (χ0) is 45.3. The van der Waals surface area contributed by atoms with E-state index in [1.54, 1.807) is 30.3 Å². The molecule has 0 atom stereocenters. The fourth-order valence-electron chi connectivity index (χ4n) is 5.91. The Hall–Kier alpha value is -6.50. The van der Waals surface area contributed by atoms with Gasteiger partial charge < -0.3 is 41.7 Å². The summed E-state index contributed by atoms with van der Waals surface area (Å²) in [5, 5.41) is 32.0. The van der Waals surface area contributed by atoms with Crippen molar-refractivity contribution in [3.8, 4) is 0 Å². The summed E-state index contributed by atoms with van der Waals surface area (Å²) in [6.45, 7) is 2.97. The molecule has 0 amide bonds. The third-order valence-electron chi connectivity index (χ3n) is 8.88. The third-order valence-corrected chi connectivity index (χ3v) is 10.4. The van der Waals surface area contributed by atoms with E-state index in [1.807, 2.05) is 88.9 Å². The first kappa shape index (κ1) is 47.0. The molecule has 8 N–H and O–H groups in total. The Morgan fingerprint density at radius 3 is 1.45 bits per heavy atom. The number of aromatic nitrogens is 6. The second kappa shape index (κ2) is 23.3. The fourth-order valence-corrected chi connectivity index (χ4v) is 7.13. The predicted octanol–water partition coefficient (Wildman–Crippen LogP) is 7.60. The predicted molar refractivity (Wildman–Crippen MR) is 251 cm³/mol. The van der Waals surface area contributed by atoms with Crippen LogP contribution in [0.5, 0.6) is 0 Å². The van der Waals surface area contributed by atoms with Gasteiger partial charge in [0.05, 0.1) is 12.0 Å². The van der Waals surface area contributed by atoms with Crippen LogP contribution in [0.4, 0.5) is 58.4 Å². The number of rotatable bonds is 24. The van der Waals surface area contributed by atoms with Crippen LogP contribution in [0.3, 0.4) is 0 Å². The Balaban J connectivity index is 1.23. The van der Waals surface area contributed by atoms with Gasteiger partial charge in [-0.3, -0.25) is 4.55 Å². The maximum Gasteiger partial charge on any atom is 0.295 e. The largest absolute Gasteiger partial charge is 0.354 e. The van der Waals surface area contributed by atoms with Gasteiger partial charge in [0.25, 0.3) is 10.1 Å². The van der Waals surface area contributed by atoms with Crippen LogP contribution in [0, 0.1) is 0 Å². The summed E-state index contributed by atoms with van der Waals surface area (Å²) in [7, 11) is 3.27. The van der Waals surface area contributed by atoms with E-state index in [9.17, 15) is 13.0 Å². The maximum atomic E-state index is 12.8. The van der Waals surface area contributed by atoms with Crippen LogP contribution in [0.15, 0.2) is 107 Å². The fraction of sp³-hybridized carbons (Fsp3) is 0.238. The van der Waals surface area contributed by atoms with Crippen molar-refractivity contribution >= 4 is 92.8 Å². The Bertz CT molecular complexity index is 2580. The molecule has 20 nitrogen and oxygen atoms in total. The van der Waals surface area contributed by atoms with Crippen LogP contribution in [0.25, 0.3) is 12.2 Å². The Labute approximate surface area is 375 Å². The highest BCUT2D eigenvalue weighted by Crippen LogP contribution is 2.32. The summed E-state index contributed by atoms with van der Waals surface area (Å²) in [6, 6.07) is 28.5. The van der Waals surface area contributed by atoms with E-state index >= 15 is 0 Å². The highest BCUT2D eigenvalue weighted by Gasteiger charge is 2.17. The van der Waals surface area contributed by atoms with E-state index in [4.69, 9.17) is 9.59 Å². The molecular formula is C42H50N14O6S2. The van der Waals surface area contributed by atoms with Gasteiger partial charge in [-0.15, -0.1) is 4.33 Å². The average molecular weight is 911 g/mol. The number of benzene rings is 4. The molecule has 2 heterocycles. The standard InChI is InChI=1S/C42H50N14O6S2/c1-55(2)25-11-23-43-37-49-39(45-31-13-7-5-8-14-31)53-41(51-37)47-33-21-19-29(35(27-33)63-62-61-57)17-18-30-20-22-34(28-36(30)64(58,59)60)48-42-52-38(44-24-12-26-56(3)4)50-40(54-42)46-32-15-9-6-10-16-32/h5-10,13-22,27-28,57H,11-12,23-26H2,1-4H3,(H,58,59,60)(H3,43,45,47,49,51,53)(H3,44,46,48,50,52,54). The summed E-state index contributed by atoms with van der Waals surface area (Å²) in [6.07, 6.45) is 4.84. The van der Waals surface area contributed by atoms with Crippen molar-refractivity contribution in [2.24, 2.45) is 0 Å². The zero-order valence-corrected chi connectivity index (χ0v) is 37.2. The minimum Gasteiger partial charge on any atom is -0.354 e. The molecule has 0 spiro atoms. The van der Waals surface area contributed by atoms with Crippen LogP contribution in [0.1, 0.15) is 24.0 Å². The molecule has 0 radical (unpaired) electrons. The minimum atomic E-state index is -4.73. The van der Waals surface area contributed by atoms with E-state index in [0.717, 1.165) is 37.3 Å². The zero-order valence-electron chi connectivity index (χ0n) is 35.6. The van der Waals surface area contributed by atoms with Gasteiger partial charge >= 0.3 is 0 Å². The molecule has 0 aliphatic heterocycles. The van der Waals surface area contributed by atoms with Gasteiger partial charge in [-0.1, -0.05) is 65.7 Å². The van der Waals surface area contributed by atoms with Crippen LogP contribution < -0.4 is 31.9 Å². The van der Waals surface area contributed by atoms with Crippen molar-refractivity contribution in [3.05, 3.63) is 108 Å². The molecule has 6 rings (SSSR count). The van der Waals surface area contributed by atoms with Crippen molar-refractivity contribution in [1.29, 1.82) is 0 Å². The van der Waals surface area contributed by atoms with E-state index in [2.05, 4.69) is 76.6 Å². The molecule has 0 saturated carbocycles. The summed E-state index contributed by atoms with van der Waals surface area (Å²) in [4.78, 5) is 31.4. The Morgan fingerprint density at radius 1 is 0.578 bits per heavy atom. The summed E-state index contributed by atoms with van der Waals surface area (Å²) in [5.41, 5.74) is 3.08. The lowest BCUT2D eigenvalue weighted by molar-refractivity contribution is -0.432. The van der Waals surface area contributed by atoms with E-state index in [1.165, 1.54) is 18.2 Å². The van der Waals surface area contributed by atoms with Gasteiger partial charge in [-0.25, -0.2) is 5.26 Å². The first-order chi connectivity index (χ1) is 30.9. The van der Waals surface area contributed by atoms with Gasteiger partial charge in [0.2, 0.25) is 35.7 Å². The van der Waals surface area contributed by atoms with Gasteiger partial charge in [-0.05, 0) is 114 Å². The highest BCUT2D eigenvalue weighted by molar-refractivity contribution is 7.94. The molecule has 4 aromatic carbocycles. The van der Waals surface area contributed by atoms with Crippen molar-refractivity contribution < 1.29 is 27.6 Å². The molecule has 0 aliphatic carbocycles. The first-order valence-electron chi connectivity index (χ1n) is 20.0. The second-order valence-corrected chi connectivity index (χ2v) is 16.7. The normalized spacial score (nSPS) is 11.6. The third kappa shape index (κ3) is 15.1. The lowest BCUT2D eigenvalue weighted by atomic mass is 10.1. The van der Waals surface area contributed by atoms with Crippen LogP contribution in [-0.2, 0) is 19.5 Å². The molecule has 336 valence electrons. The lowest BCUT2D eigenvalue weighted by Gasteiger charge is -2.14. The monoisotopic (exact) mass is 910 g/mol. The molecule has 0 bridgehead atoms. The van der Waals surface area contributed by atoms with Crippen molar-refractivity contribution in [2.45, 2.75) is 22.6 Å². The number of para-hydroxylation sites is 2. The number of nitrogens with one attached hydrogen (secondary N) is 6. The Morgan fingerprint density at radius 2 is 1.00 bits per heavy atom. The smallest absolute Gasteiger partial charge is 0.295 e. The summed E-state index contributed by atoms with van der Waals surface area (Å²) < 4.78 is 40.7. The quantitative estimate of drug-likeness (QED) is 0.00727. The summed E-state index contributed by atoms with van der Waals surface area (Å²) >= 11 is 0.700. The molecule has 0 saturated heterocycles. The topological polar surface area (TPSA) is 249 Å². The van der Waals surface area contributed by atoms with Gasteiger partial charge in [0, 0.05) is 40.7 Å². The highest BCUT2D eigenvalue weighted by atomic mass is 32.2. The van der Waals surface area contributed by atoms with Crippen molar-refractivity contribution in [1.82, 2.24) is 39.7 Å². The van der Waals surface area contributed by atoms with Gasteiger partial charge in [-0.2, -0.15) is 38.3 Å². The second-order valence-electron chi connectivity index (χ2n) is 14.6. The number of anilines is 10. The minimum absolute atomic E-state index is 0.128. The van der Waals surface area contributed by atoms with Crippen molar-refractivity contribution in [3.63, 3.8) is 0 Å². The van der Waals surface area contributed by atoms with Crippen LogP contribution in [0.2, 0.25) is 0 Å². The molecule has 64 heavy (non-hydrogen) atoms. The Kier molecular flexibility index (Phi) is 17.1. The van der Waals surface area contributed by atoms with Gasteiger partial charge in [0.15, 0.2) is 0 Å². The molecule has 22 heteroatoms. The molecule has 2 aromatic heterocycles.